The molecule has 1 N–H and O–H groups in total. The second kappa shape index (κ2) is 7.28. The van der Waals surface area contributed by atoms with E-state index in [1.54, 1.807) is 0 Å². The van der Waals surface area contributed by atoms with Gasteiger partial charge in [0.25, 0.3) is 0 Å². The summed E-state index contributed by atoms with van der Waals surface area (Å²) in [4.78, 5) is 4.51. The van der Waals surface area contributed by atoms with E-state index in [2.05, 4.69) is 11.8 Å². The number of rotatable bonds is 6. The SMILES string of the molecule is CCCCC[NH+]([O-])OCCl. The molecule has 4 heteroatoms. The molecule has 0 rings (SSSR count). The van der Waals surface area contributed by atoms with Crippen molar-refractivity contribution in [3.05, 3.63) is 5.21 Å². The summed E-state index contributed by atoms with van der Waals surface area (Å²) in [6.07, 6.45) is 3.11. The lowest BCUT2D eigenvalue weighted by atomic mass is 10.2. The summed E-state index contributed by atoms with van der Waals surface area (Å²) >= 11 is 5.17. The van der Waals surface area contributed by atoms with Crippen LogP contribution < -0.4 is 5.23 Å². The average molecular weight is 168 g/mol. The quantitative estimate of drug-likeness (QED) is 0.359. The maximum Gasteiger partial charge on any atom is 0.180 e. The van der Waals surface area contributed by atoms with Crippen LogP contribution in [-0.4, -0.2) is 12.6 Å². The molecule has 3 nitrogen and oxygen atoms in total. The minimum absolute atomic E-state index is 0.0229. The number of quaternary nitrogens is 1. The van der Waals surface area contributed by atoms with Crippen molar-refractivity contribution in [1.82, 2.24) is 0 Å². The molecular weight excluding hydrogens is 154 g/mol. The van der Waals surface area contributed by atoms with Crippen LogP contribution in [0.15, 0.2) is 0 Å². The van der Waals surface area contributed by atoms with Gasteiger partial charge in [-0.05, 0) is 12.8 Å². The van der Waals surface area contributed by atoms with E-state index in [4.69, 9.17) is 11.6 Å². The highest BCUT2D eigenvalue weighted by atomic mass is 35.5. The minimum atomic E-state index is -0.191. The van der Waals surface area contributed by atoms with E-state index in [1.807, 2.05) is 0 Å². The third-order valence-electron chi connectivity index (χ3n) is 1.20. The third-order valence-corrected chi connectivity index (χ3v) is 1.31. The van der Waals surface area contributed by atoms with Crippen molar-refractivity contribution in [2.45, 2.75) is 26.2 Å². The zero-order valence-electron chi connectivity index (χ0n) is 6.23. The Bertz CT molecular complexity index is 72.8. The van der Waals surface area contributed by atoms with Gasteiger partial charge in [0, 0.05) is 0 Å². The fourth-order valence-corrected chi connectivity index (χ4v) is 0.774. The van der Waals surface area contributed by atoms with Gasteiger partial charge in [0.15, 0.2) is 6.07 Å². The zero-order chi connectivity index (χ0) is 7.82. The lowest BCUT2D eigenvalue weighted by Gasteiger charge is -2.17. The first-order valence-corrected chi connectivity index (χ1v) is 4.06. The molecule has 0 spiro atoms. The molecule has 0 radical (unpaired) electrons. The molecule has 0 saturated carbocycles. The van der Waals surface area contributed by atoms with Gasteiger partial charge >= 0.3 is 0 Å². The van der Waals surface area contributed by atoms with E-state index >= 15 is 0 Å². The van der Waals surface area contributed by atoms with Crippen LogP contribution in [0.3, 0.4) is 0 Å². The van der Waals surface area contributed by atoms with Gasteiger partial charge in [-0.2, -0.15) is 4.84 Å². The van der Waals surface area contributed by atoms with Crippen molar-refractivity contribution in [3.8, 4) is 0 Å². The molecule has 0 heterocycles. The van der Waals surface area contributed by atoms with Crippen LogP contribution in [-0.2, 0) is 4.84 Å². The van der Waals surface area contributed by atoms with Gasteiger partial charge < -0.3 is 5.21 Å². The zero-order valence-corrected chi connectivity index (χ0v) is 6.99. The Labute approximate surface area is 66.4 Å². The monoisotopic (exact) mass is 167 g/mol. The fourth-order valence-electron chi connectivity index (χ4n) is 0.652. The summed E-state index contributed by atoms with van der Waals surface area (Å²) in [5.41, 5.74) is 0. The van der Waals surface area contributed by atoms with Gasteiger partial charge in [-0.3, -0.25) is 0 Å². The van der Waals surface area contributed by atoms with Crippen LogP contribution in [0.25, 0.3) is 0 Å². The van der Waals surface area contributed by atoms with Gasteiger partial charge in [-0.1, -0.05) is 24.9 Å². The Hall–Kier alpha value is 0.170. The van der Waals surface area contributed by atoms with Crippen molar-refractivity contribution in [1.29, 1.82) is 0 Å². The Balaban J connectivity index is 2.97. The molecule has 0 aromatic heterocycles. The fraction of sp³-hybridized carbons (Fsp3) is 1.00. The summed E-state index contributed by atoms with van der Waals surface area (Å²) in [6, 6.07) is -0.0229. The molecule has 0 saturated heterocycles. The molecule has 0 fully saturated rings. The van der Waals surface area contributed by atoms with Crippen LogP contribution in [0.4, 0.5) is 0 Å². The highest BCUT2D eigenvalue weighted by Gasteiger charge is 1.94. The molecule has 1 unspecified atom stereocenters. The van der Waals surface area contributed by atoms with Crippen LogP contribution in [0.1, 0.15) is 26.2 Å². The van der Waals surface area contributed by atoms with Gasteiger partial charge in [-0.25, -0.2) is 5.23 Å². The van der Waals surface area contributed by atoms with Crippen molar-refractivity contribution in [3.63, 3.8) is 0 Å². The topological polar surface area (TPSA) is 36.7 Å². The van der Waals surface area contributed by atoms with E-state index in [-0.39, 0.29) is 11.3 Å². The molecule has 0 aliphatic carbocycles. The summed E-state index contributed by atoms with van der Waals surface area (Å²) in [7, 11) is 0. The second-order valence-electron chi connectivity index (χ2n) is 2.08. The molecular formula is C6H14ClNO2. The standard InChI is InChI=1S/C6H14ClNO2/c1-2-3-4-5-8(9)10-6-7/h8H,2-6H2,1H3. The largest absolute Gasteiger partial charge is 0.600 e. The molecule has 0 amide bonds. The summed E-state index contributed by atoms with van der Waals surface area (Å²) < 4.78 is 0. The predicted molar refractivity (Wildman–Crippen MR) is 40.5 cm³/mol. The molecule has 0 bridgehead atoms. The minimum Gasteiger partial charge on any atom is -0.600 e. The number of alkyl halides is 1. The van der Waals surface area contributed by atoms with Crippen LogP contribution in [0.2, 0.25) is 0 Å². The lowest BCUT2D eigenvalue weighted by Crippen LogP contribution is -3.06. The summed E-state index contributed by atoms with van der Waals surface area (Å²) in [5.74, 6) is 0. The molecule has 0 aromatic rings. The predicted octanol–water partition coefficient (Wildman–Crippen LogP) is 0.687. The van der Waals surface area contributed by atoms with E-state index < -0.39 is 0 Å². The average Bonchev–Trinajstić information content (AvgIpc) is 1.89. The van der Waals surface area contributed by atoms with Gasteiger partial charge in [-0.15, -0.1) is 0 Å². The second-order valence-corrected chi connectivity index (χ2v) is 2.30. The highest BCUT2D eigenvalue weighted by Crippen LogP contribution is 1.89. The first-order valence-electron chi connectivity index (χ1n) is 3.52. The van der Waals surface area contributed by atoms with E-state index in [0.717, 1.165) is 19.3 Å². The van der Waals surface area contributed by atoms with Crippen LogP contribution in [0.5, 0.6) is 0 Å². The Morgan fingerprint density at radius 3 is 2.70 bits per heavy atom. The smallest absolute Gasteiger partial charge is 0.180 e. The highest BCUT2D eigenvalue weighted by molar-refractivity contribution is 6.16. The van der Waals surface area contributed by atoms with E-state index in [0.29, 0.717) is 6.54 Å². The van der Waals surface area contributed by atoms with Crippen molar-refractivity contribution >= 4 is 11.6 Å². The van der Waals surface area contributed by atoms with Gasteiger partial charge in [0.2, 0.25) is 0 Å². The van der Waals surface area contributed by atoms with Crippen molar-refractivity contribution in [2.75, 3.05) is 12.6 Å². The Morgan fingerprint density at radius 2 is 2.20 bits per heavy atom. The lowest BCUT2D eigenvalue weighted by molar-refractivity contribution is -1.05. The molecule has 0 aliphatic rings. The normalized spacial score (nSPS) is 13.5. The van der Waals surface area contributed by atoms with Crippen LogP contribution in [0, 0.1) is 5.21 Å². The molecule has 0 aliphatic heterocycles. The molecule has 62 valence electrons. The maximum atomic E-state index is 10.6. The van der Waals surface area contributed by atoms with E-state index in [1.165, 1.54) is 0 Å². The van der Waals surface area contributed by atoms with Crippen molar-refractivity contribution in [2.24, 2.45) is 0 Å². The number of nitrogens with one attached hydrogen (secondary N) is 1. The summed E-state index contributed by atoms with van der Waals surface area (Å²) in [6.45, 7) is 2.59. The van der Waals surface area contributed by atoms with E-state index in [9.17, 15) is 5.21 Å². The number of hydrogen-bond donors (Lipinski definition) is 1. The number of hydroxylamine groups is 2. The van der Waals surface area contributed by atoms with Gasteiger partial charge in [0.1, 0.15) is 6.54 Å². The third kappa shape index (κ3) is 6.29. The number of hydrogen-bond acceptors (Lipinski definition) is 2. The van der Waals surface area contributed by atoms with Gasteiger partial charge in [0.05, 0.1) is 0 Å². The number of halogens is 1. The summed E-state index contributed by atoms with van der Waals surface area (Å²) in [5, 5.41) is 10.4. The first-order chi connectivity index (χ1) is 4.81. The molecule has 1 atom stereocenters. The maximum absolute atomic E-state index is 10.6. The first kappa shape index (κ1) is 10.2. The Morgan fingerprint density at radius 1 is 1.50 bits per heavy atom. The Kier molecular flexibility index (Phi) is 7.40. The molecule has 10 heavy (non-hydrogen) atoms. The van der Waals surface area contributed by atoms with Crippen molar-refractivity contribution < 1.29 is 10.1 Å². The number of unbranched alkanes of at least 4 members (excludes halogenated alkanes) is 2. The molecule has 0 aromatic carbocycles. The van der Waals surface area contributed by atoms with Crippen LogP contribution >= 0.6 is 11.6 Å².